The number of amides is 2. The van der Waals surface area contributed by atoms with Crippen LogP contribution in [0, 0.1) is 6.92 Å². The van der Waals surface area contributed by atoms with Crippen molar-refractivity contribution >= 4 is 27.5 Å². The predicted octanol–water partition coefficient (Wildman–Crippen LogP) is 7.30. The number of aryl methyl sites for hydroxylation is 1. The van der Waals surface area contributed by atoms with Gasteiger partial charge in [0.15, 0.2) is 0 Å². The Morgan fingerprint density at radius 1 is 0.816 bits per heavy atom. The summed E-state index contributed by atoms with van der Waals surface area (Å²) in [5.74, 6) is -1.11. The summed E-state index contributed by atoms with van der Waals surface area (Å²) < 4.78 is 70.4. The van der Waals surface area contributed by atoms with E-state index in [0.29, 0.717) is 9.87 Å². The molecule has 4 aromatic carbocycles. The SMILES string of the molecule is Cc1ccc(CN(C(=O)CN(c2cccc(C(F)(F)F)c2)S(=O)(=O)c2ccccc2)C(Cc2ccccc2)C(=O)NC2CCCCC2)cc1. The number of carbonyl (C=O) groups excluding carboxylic acids is 2. The number of alkyl halides is 3. The summed E-state index contributed by atoms with van der Waals surface area (Å²) in [7, 11) is -4.53. The lowest BCUT2D eigenvalue weighted by Crippen LogP contribution is -2.55. The first kappa shape index (κ1) is 35.7. The molecule has 0 bridgehead atoms. The predicted molar refractivity (Wildman–Crippen MR) is 183 cm³/mol. The van der Waals surface area contributed by atoms with E-state index in [9.17, 15) is 31.2 Å². The van der Waals surface area contributed by atoms with E-state index < -0.39 is 40.3 Å². The Hall–Kier alpha value is -4.64. The molecule has 49 heavy (non-hydrogen) atoms. The molecule has 1 saturated carbocycles. The first-order valence-electron chi connectivity index (χ1n) is 16.4. The Balaban J connectivity index is 1.58. The van der Waals surface area contributed by atoms with Gasteiger partial charge in [-0.25, -0.2) is 8.42 Å². The molecule has 258 valence electrons. The number of anilines is 1. The summed E-state index contributed by atoms with van der Waals surface area (Å²) in [5, 5.41) is 3.14. The third-order valence-electron chi connectivity index (χ3n) is 8.77. The van der Waals surface area contributed by atoms with Crippen LogP contribution in [0.15, 0.2) is 114 Å². The van der Waals surface area contributed by atoms with E-state index >= 15 is 0 Å². The minimum atomic E-state index is -4.75. The molecule has 0 radical (unpaired) electrons. The molecule has 0 spiro atoms. The van der Waals surface area contributed by atoms with Gasteiger partial charge in [0, 0.05) is 19.0 Å². The Morgan fingerprint density at radius 3 is 2.08 bits per heavy atom. The molecule has 5 rings (SSSR count). The Morgan fingerprint density at radius 2 is 1.45 bits per heavy atom. The fourth-order valence-corrected chi connectivity index (χ4v) is 7.50. The molecule has 1 fully saturated rings. The largest absolute Gasteiger partial charge is 0.416 e. The zero-order valence-electron chi connectivity index (χ0n) is 27.3. The summed E-state index contributed by atoms with van der Waals surface area (Å²) in [4.78, 5) is 29.9. The van der Waals surface area contributed by atoms with Crippen LogP contribution in [0.5, 0.6) is 0 Å². The third-order valence-corrected chi connectivity index (χ3v) is 10.6. The molecule has 0 aromatic heterocycles. The second-order valence-corrected chi connectivity index (χ2v) is 14.3. The van der Waals surface area contributed by atoms with Gasteiger partial charge in [0.25, 0.3) is 10.0 Å². The quantitative estimate of drug-likeness (QED) is 0.169. The molecule has 1 N–H and O–H groups in total. The van der Waals surface area contributed by atoms with Gasteiger partial charge in [0.05, 0.1) is 16.1 Å². The van der Waals surface area contributed by atoms with Crippen LogP contribution in [0.25, 0.3) is 0 Å². The lowest BCUT2D eigenvalue weighted by Gasteiger charge is -2.35. The van der Waals surface area contributed by atoms with Crippen molar-refractivity contribution in [3.63, 3.8) is 0 Å². The molecule has 4 aromatic rings. The first-order chi connectivity index (χ1) is 23.4. The Kier molecular flexibility index (Phi) is 11.4. The maximum atomic E-state index is 14.6. The molecule has 0 aliphatic heterocycles. The standard InChI is InChI=1S/C38H40F3N3O4S/c1-28-20-22-30(23-21-28)26-43(35(24-29-12-5-2-6-13-29)37(46)42-32-15-7-3-8-16-32)36(45)27-44(49(47,48)34-18-9-4-10-19-34)33-17-11-14-31(25-33)38(39,40)41/h2,4-6,9-14,17-23,25,32,35H,3,7-8,15-16,24,26-27H2,1H3,(H,42,46). The number of sulfonamides is 1. The zero-order chi connectivity index (χ0) is 35.0. The number of hydrogen-bond acceptors (Lipinski definition) is 4. The van der Waals surface area contributed by atoms with Crippen LogP contribution in [0.2, 0.25) is 0 Å². The highest BCUT2D eigenvalue weighted by atomic mass is 32.2. The smallest absolute Gasteiger partial charge is 0.352 e. The topological polar surface area (TPSA) is 86.8 Å². The number of rotatable bonds is 12. The molecule has 1 atom stereocenters. The van der Waals surface area contributed by atoms with E-state index in [1.807, 2.05) is 61.5 Å². The molecule has 1 aliphatic carbocycles. The van der Waals surface area contributed by atoms with Gasteiger partial charge in [0.2, 0.25) is 11.8 Å². The van der Waals surface area contributed by atoms with E-state index in [2.05, 4.69) is 5.32 Å². The highest BCUT2D eigenvalue weighted by Gasteiger charge is 2.37. The fourth-order valence-electron chi connectivity index (χ4n) is 6.07. The second kappa shape index (κ2) is 15.7. The van der Waals surface area contributed by atoms with Gasteiger partial charge < -0.3 is 10.2 Å². The van der Waals surface area contributed by atoms with E-state index in [-0.39, 0.29) is 35.5 Å². The molecule has 11 heteroatoms. The minimum absolute atomic E-state index is 0.0312. The minimum Gasteiger partial charge on any atom is -0.352 e. The van der Waals surface area contributed by atoms with Crippen molar-refractivity contribution in [2.75, 3.05) is 10.8 Å². The zero-order valence-corrected chi connectivity index (χ0v) is 28.1. The summed E-state index contributed by atoms with van der Waals surface area (Å²) in [5.41, 5.74) is 1.10. The van der Waals surface area contributed by atoms with Gasteiger partial charge in [-0.05, 0) is 61.2 Å². The number of nitrogens with zero attached hydrogens (tertiary/aromatic N) is 2. The van der Waals surface area contributed by atoms with Gasteiger partial charge in [-0.2, -0.15) is 13.2 Å². The van der Waals surface area contributed by atoms with Crippen molar-refractivity contribution in [1.82, 2.24) is 10.2 Å². The summed E-state index contributed by atoms with van der Waals surface area (Å²) in [6.07, 6.45) is 0.0542. The third kappa shape index (κ3) is 9.29. The first-order valence-corrected chi connectivity index (χ1v) is 17.8. The van der Waals surface area contributed by atoms with E-state index in [1.54, 1.807) is 6.07 Å². The molecule has 1 aliphatic rings. The average molecular weight is 692 g/mol. The highest BCUT2D eigenvalue weighted by molar-refractivity contribution is 7.92. The Labute approximate surface area is 285 Å². The van der Waals surface area contributed by atoms with Crippen molar-refractivity contribution in [2.24, 2.45) is 0 Å². The number of hydrogen-bond donors (Lipinski definition) is 1. The summed E-state index contributed by atoms with van der Waals surface area (Å²) in [6, 6.07) is 26.7. The highest BCUT2D eigenvalue weighted by Crippen LogP contribution is 2.33. The number of carbonyl (C=O) groups is 2. The van der Waals surface area contributed by atoms with Crippen LogP contribution in [0.3, 0.4) is 0 Å². The van der Waals surface area contributed by atoms with Crippen molar-refractivity contribution in [2.45, 2.75) is 75.1 Å². The molecule has 0 heterocycles. The average Bonchev–Trinajstić information content (AvgIpc) is 3.10. The molecular weight excluding hydrogens is 651 g/mol. The normalized spacial score (nSPS) is 14.5. The summed E-state index contributed by atoms with van der Waals surface area (Å²) >= 11 is 0. The van der Waals surface area contributed by atoms with Crippen LogP contribution in [0.4, 0.5) is 18.9 Å². The van der Waals surface area contributed by atoms with E-state index in [1.165, 1.54) is 35.2 Å². The molecular formula is C38H40F3N3O4S. The van der Waals surface area contributed by atoms with Crippen LogP contribution >= 0.6 is 0 Å². The van der Waals surface area contributed by atoms with E-state index in [0.717, 1.165) is 61.4 Å². The molecule has 0 saturated heterocycles. The Bertz CT molecular complexity index is 1810. The maximum absolute atomic E-state index is 14.6. The van der Waals surface area contributed by atoms with E-state index in [4.69, 9.17) is 0 Å². The van der Waals surface area contributed by atoms with Gasteiger partial charge in [-0.1, -0.05) is 104 Å². The van der Waals surface area contributed by atoms with Gasteiger partial charge >= 0.3 is 6.18 Å². The number of nitrogens with one attached hydrogen (secondary N) is 1. The fraction of sp³-hybridized carbons (Fsp3) is 0.316. The van der Waals surface area contributed by atoms with Gasteiger partial charge in [-0.3, -0.25) is 13.9 Å². The van der Waals surface area contributed by atoms with Crippen molar-refractivity contribution in [3.8, 4) is 0 Å². The van der Waals surface area contributed by atoms with Gasteiger partial charge in [0.1, 0.15) is 12.6 Å². The molecule has 7 nitrogen and oxygen atoms in total. The monoisotopic (exact) mass is 691 g/mol. The van der Waals surface area contributed by atoms with Crippen molar-refractivity contribution in [3.05, 3.63) is 131 Å². The van der Waals surface area contributed by atoms with Crippen LogP contribution in [0.1, 0.15) is 54.4 Å². The molecule has 1 unspecified atom stereocenters. The van der Waals surface area contributed by atoms with Crippen molar-refractivity contribution in [1.29, 1.82) is 0 Å². The number of benzene rings is 4. The van der Waals surface area contributed by atoms with Crippen LogP contribution in [-0.4, -0.2) is 43.8 Å². The number of halogens is 3. The maximum Gasteiger partial charge on any atom is 0.416 e. The van der Waals surface area contributed by atoms with Crippen LogP contribution in [-0.2, 0) is 38.8 Å². The summed E-state index contributed by atoms with van der Waals surface area (Å²) in [6.45, 7) is 1.05. The molecule has 2 amide bonds. The van der Waals surface area contributed by atoms with Crippen molar-refractivity contribution < 1.29 is 31.2 Å². The van der Waals surface area contributed by atoms with Crippen LogP contribution < -0.4 is 9.62 Å². The second-order valence-electron chi connectivity index (χ2n) is 12.4. The lowest BCUT2D eigenvalue weighted by atomic mass is 9.94. The van der Waals surface area contributed by atoms with Gasteiger partial charge in [-0.15, -0.1) is 0 Å². The lowest BCUT2D eigenvalue weighted by molar-refractivity contribution is -0.140.